The minimum Gasteiger partial charge on any atom is -0.274 e. The number of nitrogens with zero attached hydrogens (tertiary/aromatic N) is 3. The quantitative estimate of drug-likeness (QED) is 0.712. The average Bonchev–Trinajstić information content (AvgIpc) is 3.33. The summed E-state index contributed by atoms with van der Waals surface area (Å²) in [5, 5.41) is 4.47. The van der Waals surface area contributed by atoms with E-state index in [0.717, 1.165) is 30.8 Å². The standard InChI is InChI=1S/C21H24FN5O/c1-3-16-10-19(8-9-20(16)17-11-23-24-12-17)27-21(28)26(14(2)25-27)13-15-4-6-18(22)7-5-15/h4-10,17,23-24H,3,11-13H2,1-2H3. The summed E-state index contributed by atoms with van der Waals surface area (Å²) in [7, 11) is 0. The zero-order chi connectivity index (χ0) is 19.7. The van der Waals surface area contributed by atoms with Gasteiger partial charge in [0.2, 0.25) is 0 Å². The minimum absolute atomic E-state index is 0.194. The van der Waals surface area contributed by atoms with E-state index < -0.39 is 0 Å². The summed E-state index contributed by atoms with van der Waals surface area (Å²) in [4.78, 5) is 13.0. The molecule has 0 aliphatic carbocycles. The van der Waals surface area contributed by atoms with E-state index in [-0.39, 0.29) is 11.5 Å². The molecule has 2 aromatic carbocycles. The van der Waals surface area contributed by atoms with Gasteiger partial charge in [-0.2, -0.15) is 9.78 Å². The molecule has 28 heavy (non-hydrogen) atoms. The second kappa shape index (κ2) is 7.69. The molecule has 0 amide bonds. The van der Waals surface area contributed by atoms with Gasteiger partial charge in [0, 0.05) is 19.0 Å². The normalized spacial score (nSPS) is 14.7. The molecule has 0 bridgehead atoms. The number of rotatable bonds is 5. The summed E-state index contributed by atoms with van der Waals surface area (Å²) >= 11 is 0. The van der Waals surface area contributed by atoms with Crippen molar-refractivity contribution in [1.29, 1.82) is 0 Å². The van der Waals surface area contributed by atoms with Crippen molar-refractivity contribution in [1.82, 2.24) is 25.2 Å². The Kier molecular flexibility index (Phi) is 5.11. The molecule has 6 nitrogen and oxygen atoms in total. The van der Waals surface area contributed by atoms with Crippen LogP contribution in [0.15, 0.2) is 47.3 Å². The average molecular weight is 381 g/mol. The number of aromatic nitrogens is 3. The van der Waals surface area contributed by atoms with E-state index in [1.54, 1.807) is 16.7 Å². The van der Waals surface area contributed by atoms with Gasteiger partial charge in [0.15, 0.2) is 0 Å². The van der Waals surface area contributed by atoms with Crippen LogP contribution < -0.4 is 16.5 Å². The van der Waals surface area contributed by atoms with Gasteiger partial charge in [0.25, 0.3) is 0 Å². The predicted molar refractivity (Wildman–Crippen MR) is 106 cm³/mol. The SMILES string of the molecule is CCc1cc(-n2nc(C)n(Cc3ccc(F)cc3)c2=O)ccc1C1CNNC1. The number of hydrogen-bond donors (Lipinski definition) is 2. The summed E-state index contributed by atoms with van der Waals surface area (Å²) in [6.45, 7) is 6.10. The minimum atomic E-state index is -0.289. The van der Waals surface area contributed by atoms with Crippen molar-refractivity contribution < 1.29 is 4.39 Å². The predicted octanol–water partition coefficient (Wildman–Crippen LogP) is 2.28. The van der Waals surface area contributed by atoms with Crippen LogP contribution in [0.2, 0.25) is 0 Å². The van der Waals surface area contributed by atoms with E-state index in [2.05, 4.69) is 35.0 Å². The second-order valence-electron chi connectivity index (χ2n) is 7.15. The Hall–Kier alpha value is -2.77. The Labute approximate surface area is 163 Å². The molecule has 7 heteroatoms. The number of hydrogen-bond acceptors (Lipinski definition) is 4. The highest BCUT2D eigenvalue weighted by atomic mass is 19.1. The molecule has 0 spiro atoms. The third-order valence-electron chi connectivity index (χ3n) is 5.32. The Bertz CT molecular complexity index is 1030. The molecule has 1 fully saturated rings. The van der Waals surface area contributed by atoms with Gasteiger partial charge in [-0.05, 0) is 54.3 Å². The maximum Gasteiger partial charge on any atom is 0.351 e. The van der Waals surface area contributed by atoms with E-state index >= 15 is 0 Å². The van der Waals surface area contributed by atoms with Crippen molar-refractivity contribution in [2.24, 2.45) is 0 Å². The molecule has 1 aliphatic heterocycles. The fourth-order valence-corrected chi connectivity index (χ4v) is 3.73. The summed E-state index contributed by atoms with van der Waals surface area (Å²) in [5.41, 5.74) is 10.3. The second-order valence-corrected chi connectivity index (χ2v) is 7.15. The van der Waals surface area contributed by atoms with Gasteiger partial charge in [0.1, 0.15) is 11.6 Å². The van der Waals surface area contributed by atoms with Crippen LogP contribution in [0.5, 0.6) is 0 Å². The van der Waals surface area contributed by atoms with E-state index in [9.17, 15) is 9.18 Å². The molecule has 0 radical (unpaired) electrons. The number of aryl methyl sites for hydroxylation is 2. The summed E-state index contributed by atoms with van der Waals surface area (Å²) in [6.07, 6.45) is 0.893. The van der Waals surface area contributed by atoms with Crippen LogP contribution in [0, 0.1) is 12.7 Å². The van der Waals surface area contributed by atoms with Gasteiger partial charge < -0.3 is 0 Å². The molecular weight excluding hydrogens is 357 g/mol. The number of halogens is 1. The van der Waals surface area contributed by atoms with Gasteiger partial charge in [0.05, 0.1) is 12.2 Å². The zero-order valence-electron chi connectivity index (χ0n) is 16.1. The molecule has 3 aromatic rings. The van der Waals surface area contributed by atoms with Gasteiger partial charge in [-0.25, -0.2) is 9.18 Å². The van der Waals surface area contributed by atoms with E-state index in [1.165, 1.54) is 27.9 Å². The zero-order valence-corrected chi connectivity index (χ0v) is 16.1. The highest BCUT2D eigenvalue weighted by Gasteiger charge is 2.20. The lowest BCUT2D eigenvalue weighted by molar-refractivity contribution is 0.625. The van der Waals surface area contributed by atoms with Crippen LogP contribution in [-0.2, 0) is 13.0 Å². The lowest BCUT2D eigenvalue weighted by Crippen LogP contribution is -2.25. The molecule has 1 aromatic heterocycles. The fourth-order valence-electron chi connectivity index (χ4n) is 3.73. The smallest absolute Gasteiger partial charge is 0.274 e. The number of hydrazine groups is 1. The van der Waals surface area contributed by atoms with Crippen LogP contribution in [0.4, 0.5) is 4.39 Å². The van der Waals surface area contributed by atoms with Crippen molar-refractivity contribution in [3.8, 4) is 5.69 Å². The highest BCUT2D eigenvalue weighted by molar-refractivity contribution is 5.42. The van der Waals surface area contributed by atoms with Crippen molar-refractivity contribution in [2.75, 3.05) is 13.1 Å². The van der Waals surface area contributed by atoms with Crippen molar-refractivity contribution in [3.63, 3.8) is 0 Å². The first-order valence-electron chi connectivity index (χ1n) is 9.56. The fraction of sp³-hybridized carbons (Fsp3) is 0.333. The maximum absolute atomic E-state index is 13.1. The van der Waals surface area contributed by atoms with Gasteiger partial charge >= 0.3 is 5.69 Å². The largest absolute Gasteiger partial charge is 0.351 e. The first-order valence-corrected chi connectivity index (χ1v) is 9.56. The topological polar surface area (TPSA) is 63.9 Å². The van der Waals surface area contributed by atoms with Crippen molar-refractivity contribution in [3.05, 3.63) is 81.3 Å². The maximum atomic E-state index is 13.1. The highest BCUT2D eigenvalue weighted by Crippen LogP contribution is 2.24. The number of nitrogens with one attached hydrogen (secondary N) is 2. The Morgan fingerprint density at radius 3 is 2.54 bits per heavy atom. The molecule has 1 saturated heterocycles. The molecule has 2 N–H and O–H groups in total. The van der Waals surface area contributed by atoms with Crippen molar-refractivity contribution in [2.45, 2.75) is 32.7 Å². The summed E-state index contributed by atoms with van der Waals surface area (Å²) in [6, 6.07) is 12.3. The lowest BCUT2D eigenvalue weighted by Gasteiger charge is -2.14. The van der Waals surface area contributed by atoms with Gasteiger partial charge in [-0.15, -0.1) is 0 Å². The molecule has 2 heterocycles. The molecule has 0 unspecified atom stereocenters. The molecular formula is C21H24FN5O. The van der Waals surface area contributed by atoms with E-state index in [4.69, 9.17) is 0 Å². The monoisotopic (exact) mass is 381 g/mol. The van der Waals surface area contributed by atoms with E-state index in [0.29, 0.717) is 18.3 Å². The van der Waals surface area contributed by atoms with E-state index in [1.807, 2.05) is 13.0 Å². The molecule has 0 atom stereocenters. The van der Waals surface area contributed by atoms with Crippen LogP contribution >= 0.6 is 0 Å². The molecule has 4 rings (SSSR count). The van der Waals surface area contributed by atoms with Crippen LogP contribution in [0.25, 0.3) is 5.69 Å². The van der Waals surface area contributed by atoms with Crippen LogP contribution in [0.3, 0.4) is 0 Å². The molecule has 1 aliphatic rings. The Morgan fingerprint density at radius 2 is 1.86 bits per heavy atom. The third-order valence-corrected chi connectivity index (χ3v) is 5.32. The van der Waals surface area contributed by atoms with Crippen LogP contribution in [0.1, 0.15) is 35.4 Å². The number of benzene rings is 2. The van der Waals surface area contributed by atoms with Crippen molar-refractivity contribution >= 4 is 0 Å². The lowest BCUT2D eigenvalue weighted by atomic mass is 9.93. The third kappa shape index (κ3) is 3.50. The van der Waals surface area contributed by atoms with Gasteiger partial charge in [-0.3, -0.25) is 15.4 Å². The summed E-state index contributed by atoms with van der Waals surface area (Å²) in [5.74, 6) is 0.766. The Morgan fingerprint density at radius 1 is 1.14 bits per heavy atom. The molecule has 146 valence electrons. The molecule has 0 saturated carbocycles. The summed E-state index contributed by atoms with van der Waals surface area (Å²) < 4.78 is 16.2. The van der Waals surface area contributed by atoms with Gasteiger partial charge in [-0.1, -0.05) is 25.1 Å². The first kappa shape index (κ1) is 18.6. The van der Waals surface area contributed by atoms with Crippen LogP contribution in [-0.4, -0.2) is 27.4 Å². The first-order chi connectivity index (χ1) is 13.6. The Balaban J connectivity index is 1.68.